The van der Waals surface area contributed by atoms with Gasteiger partial charge in [0.15, 0.2) is 0 Å². The highest BCUT2D eigenvalue weighted by atomic mass is 16.5. The average Bonchev–Trinajstić information content (AvgIpc) is 2.37. The zero-order valence-corrected chi connectivity index (χ0v) is 13.7. The fourth-order valence-corrected chi connectivity index (χ4v) is 2.27. The summed E-state index contributed by atoms with van der Waals surface area (Å²) in [5.41, 5.74) is 2.72. The van der Waals surface area contributed by atoms with Gasteiger partial charge in [0.25, 0.3) is 0 Å². The molecule has 0 aliphatic rings. The molecule has 114 valence electrons. The number of rotatable bonds is 9. The van der Waals surface area contributed by atoms with Crippen LogP contribution < -0.4 is 10.1 Å². The van der Waals surface area contributed by atoms with Gasteiger partial charge in [-0.05, 0) is 69.7 Å². The minimum atomic E-state index is 0.572. The molecule has 0 unspecified atom stereocenters. The molecule has 0 fully saturated rings. The Labute approximate surface area is 124 Å². The minimum absolute atomic E-state index is 0.572. The van der Waals surface area contributed by atoms with E-state index in [9.17, 15) is 0 Å². The van der Waals surface area contributed by atoms with Crippen molar-refractivity contribution in [2.75, 3.05) is 40.3 Å². The Kier molecular flexibility index (Phi) is 7.63. The Morgan fingerprint density at radius 2 is 1.95 bits per heavy atom. The second kappa shape index (κ2) is 8.98. The van der Waals surface area contributed by atoms with Crippen LogP contribution in [0.2, 0.25) is 0 Å². The zero-order valence-electron chi connectivity index (χ0n) is 13.7. The predicted molar refractivity (Wildman–Crippen MR) is 86.8 cm³/mol. The Balaban J connectivity index is 2.21. The van der Waals surface area contributed by atoms with Gasteiger partial charge in [-0.15, -0.1) is 0 Å². The van der Waals surface area contributed by atoms with Gasteiger partial charge in [0.1, 0.15) is 12.4 Å². The molecule has 0 atom stereocenters. The van der Waals surface area contributed by atoms with Gasteiger partial charge in [0, 0.05) is 6.54 Å². The van der Waals surface area contributed by atoms with Crippen LogP contribution >= 0.6 is 0 Å². The van der Waals surface area contributed by atoms with Gasteiger partial charge in [-0.3, -0.25) is 0 Å². The summed E-state index contributed by atoms with van der Waals surface area (Å²) in [7, 11) is 4.21. The molecule has 0 aliphatic carbocycles. The van der Waals surface area contributed by atoms with Crippen LogP contribution in [0.1, 0.15) is 37.3 Å². The van der Waals surface area contributed by atoms with Crippen LogP contribution in [0.15, 0.2) is 18.2 Å². The minimum Gasteiger partial charge on any atom is -0.492 e. The van der Waals surface area contributed by atoms with E-state index in [1.165, 1.54) is 17.5 Å². The van der Waals surface area contributed by atoms with Crippen molar-refractivity contribution < 1.29 is 4.74 Å². The molecule has 0 saturated heterocycles. The summed E-state index contributed by atoms with van der Waals surface area (Å²) < 4.78 is 5.78. The van der Waals surface area contributed by atoms with Crippen molar-refractivity contribution in [1.82, 2.24) is 10.2 Å². The summed E-state index contributed by atoms with van der Waals surface area (Å²) in [6.45, 7) is 10.4. The summed E-state index contributed by atoms with van der Waals surface area (Å²) in [4.78, 5) is 2.21. The van der Waals surface area contributed by atoms with Crippen LogP contribution in [0.4, 0.5) is 0 Å². The number of benzene rings is 1. The topological polar surface area (TPSA) is 24.5 Å². The SMILES string of the molecule is Cc1cc(OCCNCCCN(C)C)ccc1C(C)C. The van der Waals surface area contributed by atoms with Gasteiger partial charge in [0.2, 0.25) is 0 Å². The van der Waals surface area contributed by atoms with Crippen molar-refractivity contribution in [1.29, 1.82) is 0 Å². The smallest absolute Gasteiger partial charge is 0.119 e. The lowest BCUT2D eigenvalue weighted by molar-refractivity contribution is 0.311. The van der Waals surface area contributed by atoms with E-state index >= 15 is 0 Å². The fraction of sp³-hybridized carbons (Fsp3) is 0.647. The molecule has 20 heavy (non-hydrogen) atoms. The van der Waals surface area contributed by atoms with Crippen LogP contribution in [0.3, 0.4) is 0 Å². The maximum absolute atomic E-state index is 5.78. The average molecular weight is 278 g/mol. The van der Waals surface area contributed by atoms with Crippen molar-refractivity contribution in [2.24, 2.45) is 0 Å². The number of hydrogen-bond acceptors (Lipinski definition) is 3. The third-order valence-corrected chi connectivity index (χ3v) is 3.37. The lowest BCUT2D eigenvalue weighted by Gasteiger charge is -2.13. The molecule has 1 rings (SSSR count). The van der Waals surface area contributed by atoms with Crippen LogP contribution in [-0.2, 0) is 0 Å². The third kappa shape index (κ3) is 6.40. The fourth-order valence-electron chi connectivity index (χ4n) is 2.27. The zero-order chi connectivity index (χ0) is 15.0. The monoisotopic (exact) mass is 278 g/mol. The van der Waals surface area contributed by atoms with Gasteiger partial charge >= 0.3 is 0 Å². The first-order valence-corrected chi connectivity index (χ1v) is 7.59. The summed E-state index contributed by atoms with van der Waals surface area (Å²) in [6.07, 6.45) is 1.18. The maximum Gasteiger partial charge on any atom is 0.119 e. The van der Waals surface area contributed by atoms with E-state index in [1.807, 2.05) is 0 Å². The molecule has 0 spiro atoms. The van der Waals surface area contributed by atoms with Gasteiger partial charge < -0.3 is 15.0 Å². The molecule has 1 aromatic carbocycles. The lowest BCUT2D eigenvalue weighted by Crippen LogP contribution is -2.25. The molecule has 0 bridgehead atoms. The molecule has 3 heteroatoms. The summed E-state index contributed by atoms with van der Waals surface area (Å²) >= 11 is 0. The summed E-state index contributed by atoms with van der Waals surface area (Å²) in [5, 5.41) is 3.40. The number of aryl methyl sites for hydroxylation is 1. The largest absolute Gasteiger partial charge is 0.492 e. The van der Waals surface area contributed by atoms with Crippen molar-refractivity contribution in [2.45, 2.75) is 33.1 Å². The number of hydrogen-bond donors (Lipinski definition) is 1. The van der Waals surface area contributed by atoms with E-state index in [0.717, 1.165) is 32.0 Å². The van der Waals surface area contributed by atoms with Gasteiger partial charge in [-0.25, -0.2) is 0 Å². The van der Waals surface area contributed by atoms with E-state index in [-0.39, 0.29) is 0 Å². The first-order chi connectivity index (χ1) is 9.50. The van der Waals surface area contributed by atoms with Crippen LogP contribution in [-0.4, -0.2) is 45.2 Å². The Morgan fingerprint density at radius 1 is 1.20 bits per heavy atom. The molecule has 1 aromatic rings. The van der Waals surface area contributed by atoms with Gasteiger partial charge in [0.05, 0.1) is 0 Å². The second-order valence-electron chi connectivity index (χ2n) is 5.93. The molecule has 1 N–H and O–H groups in total. The van der Waals surface area contributed by atoms with Crippen molar-refractivity contribution in [3.8, 4) is 5.75 Å². The summed E-state index contributed by atoms with van der Waals surface area (Å²) in [6, 6.07) is 6.40. The first-order valence-electron chi connectivity index (χ1n) is 7.59. The Hall–Kier alpha value is -1.06. The lowest BCUT2D eigenvalue weighted by atomic mass is 9.98. The Morgan fingerprint density at radius 3 is 2.55 bits per heavy atom. The van der Waals surface area contributed by atoms with Crippen LogP contribution in [0.5, 0.6) is 5.75 Å². The normalized spacial score (nSPS) is 11.3. The Bertz CT molecular complexity index is 389. The van der Waals surface area contributed by atoms with E-state index < -0.39 is 0 Å². The third-order valence-electron chi connectivity index (χ3n) is 3.37. The molecule has 3 nitrogen and oxygen atoms in total. The van der Waals surface area contributed by atoms with Crippen molar-refractivity contribution in [3.63, 3.8) is 0 Å². The van der Waals surface area contributed by atoms with Crippen LogP contribution in [0, 0.1) is 6.92 Å². The standard InChI is InChI=1S/C17H30N2O/c1-14(2)17-8-7-16(13-15(17)3)20-12-10-18-9-6-11-19(4)5/h7-8,13-14,18H,6,9-12H2,1-5H3. The predicted octanol–water partition coefficient (Wildman–Crippen LogP) is 3.04. The summed E-state index contributed by atoms with van der Waals surface area (Å²) in [5.74, 6) is 1.55. The van der Waals surface area contributed by atoms with E-state index in [0.29, 0.717) is 5.92 Å². The molecule has 0 radical (unpaired) electrons. The molecule has 0 saturated carbocycles. The van der Waals surface area contributed by atoms with Crippen molar-refractivity contribution >= 4 is 0 Å². The number of ether oxygens (including phenoxy) is 1. The maximum atomic E-state index is 5.78. The van der Waals surface area contributed by atoms with Crippen LogP contribution in [0.25, 0.3) is 0 Å². The molecule has 0 amide bonds. The molecule has 0 aliphatic heterocycles. The highest BCUT2D eigenvalue weighted by Crippen LogP contribution is 2.23. The first kappa shape index (κ1) is 17.0. The van der Waals surface area contributed by atoms with E-state index in [4.69, 9.17) is 4.74 Å². The van der Waals surface area contributed by atoms with E-state index in [2.05, 4.69) is 63.3 Å². The highest BCUT2D eigenvalue weighted by molar-refractivity contribution is 5.36. The van der Waals surface area contributed by atoms with Gasteiger partial charge in [-0.1, -0.05) is 19.9 Å². The van der Waals surface area contributed by atoms with Crippen molar-refractivity contribution in [3.05, 3.63) is 29.3 Å². The second-order valence-corrected chi connectivity index (χ2v) is 5.93. The molecular formula is C17H30N2O. The highest BCUT2D eigenvalue weighted by Gasteiger charge is 2.04. The molecule has 0 heterocycles. The molecular weight excluding hydrogens is 248 g/mol. The van der Waals surface area contributed by atoms with Gasteiger partial charge in [-0.2, -0.15) is 0 Å². The quantitative estimate of drug-likeness (QED) is 0.703. The number of nitrogens with one attached hydrogen (secondary N) is 1. The number of nitrogens with zero attached hydrogens (tertiary/aromatic N) is 1. The van der Waals surface area contributed by atoms with E-state index in [1.54, 1.807) is 0 Å². The molecule has 0 aromatic heterocycles.